The molecule has 2 heterocycles. The zero-order valence-corrected chi connectivity index (χ0v) is 13.7. The van der Waals surface area contributed by atoms with Gasteiger partial charge in [0, 0.05) is 39.6 Å². The number of carbonyl (C=O) groups excluding carboxylic acids is 2. The minimum Gasteiger partial charge on any atom is -0.374 e. The van der Waals surface area contributed by atoms with Crippen LogP contribution in [0.3, 0.4) is 0 Å². The first-order valence-corrected chi connectivity index (χ1v) is 8.39. The minimum atomic E-state index is -0.271. The standard InChI is InChI=1S/C16H27N3O3/c1-17-7-8-22-13(10-17)11-19(9-12-3-4-12)16(21)14-5-6-15(20)18(14)2/h12-14H,3-11H2,1-2H3/t13?,14-/m1/s1. The highest BCUT2D eigenvalue weighted by Gasteiger charge is 2.38. The van der Waals surface area contributed by atoms with Gasteiger partial charge in [0.25, 0.3) is 0 Å². The molecule has 2 amide bonds. The average molecular weight is 309 g/mol. The maximum Gasteiger partial charge on any atom is 0.245 e. The Morgan fingerprint density at radius 2 is 2.05 bits per heavy atom. The van der Waals surface area contributed by atoms with Crippen LogP contribution in [0, 0.1) is 5.92 Å². The lowest BCUT2D eigenvalue weighted by molar-refractivity contribution is -0.142. The second-order valence-electron chi connectivity index (χ2n) is 7.00. The fraction of sp³-hybridized carbons (Fsp3) is 0.875. The van der Waals surface area contributed by atoms with Crippen LogP contribution in [-0.2, 0) is 14.3 Å². The van der Waals surface area contributed by atoms with Crippen molar-refractivity contribution in [1.29, 1.82) is 0 Å². The van der Waals surface area contributed by atoms with Crippen LogP contribution in [0.4, 0.5) is 0 Å². The van der Waals surface area contributed by atoms with Crippen molar-refractivity contribution in [2.24, 2.45) is 5.92 Å². The summed E-state index contributed by atoms with van der Waals surface area (Å²) in [6.45, 7) is 4.02. The molecule has 2 atom stereocenters. The molecular weight excluding hydrogens is 282 g/mol. The molecule has 0 aromatic carbocycles. The number of rotatable bonds is 5. The van der Waals surface area contributed by atoms with Gasteiger partial charge in [0.05, 0.1) is 12.7 Å². The Labute approximate surface area is 132 Å². The fourth-order valence-corrected chi connectivity index (χ4v) is 3.39. The van der Waals surface area contributed by atoms with Crippen molar-refractivity contribution in [3.05, 3.63) is 0 Å². The molecule has 3 aliphatic rings. The highest BCUT2D eigenvalue weighted by molar-refractivity contribution is 5.90. The number of carbonyl (C=O) groups is 2. The monoisotopic (exact) mass is 309 g/mol. The van der Waals surface area contributed by atoms with Crippen LogP contribution in [0.15, 0.2) is 0 Å². The predicted molar refractivity (Wildman–Crippen MR) is 82.3 cm³/mol. The van der Waals surface area contributed by atoms with Crippen molar-refractivity contribution >= 4 is 11.8 Å². The molecule has 2 saturated heterocycles. The van der Waals surface area contributed by atoms with E-state index in [4.69, 9.17) is 4.74 Å². The number of amides is 2. The Hall–Kier alpha value is -1.14. The Morgan fingerprint density at radius 1 is 1.27 bits per heavy atom. The molecule has 6 heteroatoms. The zero-order valence-electron chi connectivity index (χ0n) is 13.7. The van der Waals surface area contributed by atoms with Crippen molar-refractivity contribution in [2.75, 3.05) is 46.9 Å². The van der Waals surface area contributed by atoms with Gasteiger partial charge in [-0.2, -0.15) is 0 Å². The number of likely N-dealkylation sites (tertiary alicyclic amines) is 1. The highest BCUT2D eigenvalue weighted by Crippen LogP contribution is 2.31. The molecule has 22 heavy (non-hydrogen) atoms. The normalized spacial score (nSPS) is 29.9. The van der Waals surface area contributed by atoms with Gasteiger partial charge in [-0.25, -0.2) is 0 Å². The first-order chi connectivity index (χ1) is 10.5. The second-order valence-corrected chi connectivity index (χ2v) is 7.00. The summed E-state index contributed by atoms with van der Waals surface area (Å²) in [4.78, 5) is 30.4. The maximum atomic E-state index is 12.9. The molecule has 0 N–H and O–H groups in total. The third kappa shape index (κ3) is 3.60. The van der Waals surface area contributed by atoms with Crippen molar-refractivity contribution in [2.45, 2.75) is 37.8 Å². The Kier molecular flexibility index (Phi) is 4.68. The van der Waals surface area contributed by atoms with E-state index >= 15 is 0 Å². The van der Waals surface area contributed by atoms with Crippen molar-refractivity contribution in [1.82, 2.24) is 14.7 Å². The summed E-state index contributed by atoms with van der Waals surface area (Å²) in [5.41, 5.74) is 0. The Bertz CT molecular complexity index is 438. The van der Waals surface area contributed by atoms with Gasteiger partial charge in [-0.1, -0.05) is 0 Å². The van der Waals surface area contributed by atoms with Crippen molar-refractivity contribution < 1.29 is 14.3 Å². The van der Waals surface area contributed by atoms with E-state index in [0.717, 1.165) is 26.2 Å². The molecule has 1 aliphatic carbocycles. The number of likely N-dealkylation sites (N-methyl/N-ethyl adjacent to an activating group) is 2. The highest BCUT2D eigenvalue weighted by atomic mass is 16.5. The van der Waals surface area contributed by atoms with Gasteiger partial charge in [-0.15, -0.1) is 0 Å². The second kappa shape index (κ2) is 6.54. The lowest BCUT2D eigenvalue weighted by atomic mass is 10.1. The number of hydrogen-bond donors (Lipinski definition) is 0. The maximum absolute atomic E-state index is 12.9. The first-order valence-electron chi connectivity index (χ1n) is 8.39. The minimum absolute atomic E-state index is 0.0818. The van der Waals surface area contributed by atoms with E-state index in [9.17, 15) is 9.59 Å². The van der Waals surface area contributed by atoms with E-state index in [-0.39, 0.29) is 24.0 Å². The number of morpholine rings is 1. The molecule has 0 aromatic heterocycles. The van der Waals surface area contributed by atoms with Gasteiger partial charge in [0.1, 0.15) is 6.04 Å². The van der Waals surface area contributed by atoms with Crippen LogP contribution in [0.1, 0.15) is 25.7 Å². The first kappa shape index (κ1) is 15.7. The Balaban J connectivity index is 1.63. The van der Waals surface area contributed by atoms with Crippen LogP contribution in [0.5, 0.6) is 0 Å². The summed E-state index contributed by atoms with van der Waals surface area (Å²) in [7, 11) is 3.84. The van der Waals surface area contributed by atoms with Gasteiger partial charge in [0.15, 0.2) is 0 Å². The lowest BCUT2D eigenvalue weighted by Gasteiger charge is -2.35. The van der Waals surface area contributed by atoms with E-state index in [0.29, 0.717) is 25.3 Å². The molecule has 1 saturated carbocycles. The predicted octanol–water partition coefficient (Wildman–Crippen LogP) is 0.176. The van der Waals surface area contributed by atoms with Crippen molar-refractivity contribution in [3.8, 4) is 0 Å². The average Bonchev–Trinajstić information content (AvgIpc) is 3.24. The summed E-state index contributed by atoms with van der Waals surface area (Å²) in [5, 5.41) is 0. The summed E-state index contributed by atoms with van der Waals surface area (Å²) >= 11 is 0. The van der Waals surface area contributed by atoms with Crippen LogP contribution in [-0.4, -0.2) is 85.5 Å². The van der Waals surface area contributed by atoms with E-state index in [1.54, 1.807) is 11.9 Å². The summed E-state index contributed by atoms with van der Waals surface area (Å²) in [5.74, 6) is 0.836. The number of hydrogen-bond acceptors (Lipinski definition) is 4. The molecule has 6 nitrogen and oxygen atoms in total. The van der Waals surface area contributed by atoms with Gasteiger partial charge in [0.2, 0.25) is 11.8 Å². The van der Waals surface area contributed by atoms with Gasteiger partial charge in [-0.3, -0.25) is 9.59 Å². The number of ether oxygens (including phenoxy) is 1. The van der Waals surface area contributed by atoms with Gasteiger partial charge in [-0.05, 0) is 32.2 Å². The van der Waals surface area contributed by atoms with Crippen molar-refractivity contribution in [3.63, 3.8) is 0 Å². The van der Waals surface area contributed by atoms with Crippen LogP contribution < -0.4 is 0 Å². The molecule has 3 fully saturated rings. The van der Waals surface area contributed by atoms with Gasteiger partial charge >= 0.3 is 0 Å². The molecule has 2 aliphatic heterocycles. The quantitative estimate of drug-likeness (QED) is 0.727. The molecule has 0 spiro atoms. The van der Waals surface area contributed by atoms with E-state index in [1.165, 1.54) is 12.8 Å². The van der Waals surface area contributed by atoms with Gasteiger partial charge < -0.3 is 19.4 Å². The smallest absolute Gasteiger partial charge is 0.245 e. The Morgan fingerprint density at radius 3 is 2.64 bits per heavy atom. The molecule has 0 radical (unpaired) electrons. The largest absolute Gasteiger partial charge is 0.374 e. The molecule has 1 unspecified atom stereocenters. The molecule has 3 rings (SSSR count). The molecule has 0 aromatic rings. The summed E-state index contributed by atoms with van der Waals surface area (Å²) < 4.78 is 5.83. The summed E-state index contributed by atoms with van der Waals surface area (Å²) in [6, 6.07) is -0.271. The third-order valence-electron chi connectivity index (χ3n) is 5.03. The molecule has 124 valence electrons. The molecule has 0 bridgehead atoms. The fourth-order valence-electron chi connectivity index (χ4n) is 3.39. The van der Waals surface area contributed by atoms with E-state index in [1.807, 2.05) is 4.90 Å². The van der Waals surface area contributed by atoms with E-state index < -0.39 is 0 Å². The zero-order chi connectivity index (χ0) is 15.7. The lowest BCUT2D eigenvalue weighted by Crippen LogP contribution is -2.52. The van der Waals surface area contributed by atoms with Crippen LogP contribution in [0.2, 0.25) is 0 Å². The number of nitrogens with zero attached hydrogens (tertiary/aromatic N) is 3. The topological polar surface area (TPSA) is 53.1 Å². The van der Waals surface area contributed by atoms with E-state index in [2.05, 4.69) is 11.9 Å². The van der Waals surface area contributed by atoms with Crippen LogP contribution >= 0.6 is 0 Å². The van der Waals surface area contributed by atoms with Crippen LogP contribution in [0.25, 0.3) is 0 Å². The summed E-state index contributed by atoms with van der Waals surface area (Å²) in [6.07, 6.45) is 3.67. The SMILES string of the molecule is CN1CCOC(CN(CC2CC2)C(=O)[C@H]2CCC(=O)N2C)C1. The third-order valence-corrected chi connectivity index (χ3v) is 5.03. The molecular formula is C16H27N3O3.